The van der Waals surface area contributed by atoms with Crippen LogP contribution in [0.25, 0.3) is 0 Å². The van der Waals surface area contributed by atoms with E-state index < -0.39 is 0 Å². The van der Waals surface area contributed by atoms with Crippen molar-refractivity contribution in [3.05, 3.63) is 30.1 Å². The number of nitrogens with zero attached hydrogens (tertiary/aromatic N) is 2. The molecule has 0 spiro atoms. The molecule has 1 aliphatic rings. The second-order valence-corrected chi connectivity index (χ2v) is 5.30. The Morgan fingerprint density at radius 3 is 2.59 bits per heavy atom. The fourth-order valence-corrected chi connectivity index (χ4v) is 2.47. The number of halogens is 1. The van der Waals surface area contributed by atoms with Crippen LogP contribution < -0.4 is 11.1 Å². The molecule has 2 amide bonds. The van der Waals surface area contributed by atoms with E-state index in [1.54, 1.807) is 24.0 Å². The van der Waals surface area contributed by atoms with Gasteiger partial charge in [-0.2, -0.15) is 0 Å². The second-order valence-electron chi connectivity index (χ2n) is 5.30. The number of carbonyl (C=O) groups is 2. The zero-order valence-electron chi connectivity index (χ0n) is 12.6. The second kappa shape index (κ2) is 7.33. The zero-order valence-corrected chi connectivity index (χ0v) is 12.6. The number of piperazine rings is 1. The van der Waals surface area contributed by atoms with Crippen LogP contribution in [0, 0.1) is 5.82 Å². The number of hydrogen-bond donors (Lipinski definition) is 2. The summed E-state index contributed by atoms with van der Waals surface area (Å²) in [6.45, 7) is 4.17. The maximum atomic E-state index is 13.1. The van der Waals surface area contributed by atoms with Crippen LogP contribution in [0.2, 0.25) is 0 Å². The van der Waals surface area contributed by atoms with Gasteiger partial charge >= 0.3 is 0 Å². The monoisotopic (exact) mass is 308 g/mol. The molecule has 0 aliphatic carbocycles. The summed E-state index contributed by atoms with van der Waals surface area (Å²) in [6.07, 6.45) is 0. The molecule has 0 saturated carbocycles. The molecule has 1 aliphatic heterocycles. The van der Waals surface area contributed by atoms with Gasteiger partial charge in [0.1, 0.15) is 5.82 Å². The van der Waals surface area contributed by atoms with E-state index in [1.807, 2.05) is 4.90 Å². The highest BCUT2D eigenvalue weighted by molar-refractivity contribution is 5.94. The van der Waals surface area contributed by atoms with Crippen LogP contribution in [0.5, 0.6) is 0 Å². The standard InChI is InChI=1S/C15H21FN4O2/c1-11(15(22)18-13-4-2-3-12(16)9-13)19-5-7-20(8-6-19)14(21)10-17/h2-4,9,11H,5-8,10,17H2,1H3,(H,18,22). The number of carbonyl (C=O) groups excluding carboxylic acids is 2. The number of hydrogen-bond acceptors (Lipinski definition) is 4. The Balaban J connectivity index is 1.88. The highest BCUT2D eigenvalue weighted by Crippen LogP contribution is 2.12. The summed E-state index contributed by atoms with van der Waals surface area (Å²) in [5.41, 5.74) is 5.78. The van der Waals surface area contributed by atoms with E-state index in [0.717, 1.165) is 0 Å². The topological polar surface area (TPSA) is 78.7 Å². The summed E-state index contributed by atoms with van der Waals surface area (Å²) in [5, 5.41) is 2.70. The van der Waals surface area contributed by atoms with Gasteiger partial charge in [0.25, 0.3) is 0 Å². The molecule has 0 radical (unpaired) electrons. The van der Waals surface area contributed by atoms with Crippen LogP contribution in [0.15, 0.2) is 24.3 Å². The van der Waals surface area contributed by atoms with E-state index in [2.05, 4.69) is 5.32 Å². The molecule has 1 aromatic carbocycles. The van der Waals surface area contributed by atoms with Crippen molar-refractivity contribution in [1.82, 2.24) is 9.80 Å². The minimum absolute atomic E-state index is 0.00953. The van der Waals surface area contributed by atoms with Crippen molar-refractivity contribution in [3.63, 3.8) is 0 Å². The fourth-order valence-electron chi connectivity index (χ4n) is 2.47. The van der Waals surface area contributed by atoms with Gasteiger partial charge in [-0.25, -0.2) is 4.39 Å². The average molecular weight is 308 g/mol. The lowest BCUT2D eigenvalue weighted by molar-refractivity contribution is -0.132. The number of benzene rings is 1. The molecule has 6 nitrogen and oxygen atoms in total. The van der Waals surface area contributed by atoms with Crippen molar-refractivity contribution in [1.29, 1.82) is 0 Å². The van der Waals surface area contributed by atoms with Crippen molar-refractivity contribution in [2.24, 2.45) is 5.73 Å². The van der Waals surface area contributed by atoms with E-state index in [0.29, 0.717) is 31.9 Å². The Morgan fingerprint density at radius 1 is 1.32 bits per heavy atom. The summed E-state index contributed by atoms with van der Waals surface area (Å²) in [6, 6.07) is 5.45. The SMILES string of the molecule is CC(C(=O)Nc1cccc(F)c1)N1CCN(C(=O)CN)CC1. The summed E-state index contributed by atoms with van der Waals surface area (Å²) in [4.78, 5) is 27.4. The van der Waals surface area contributed by atoms with Gasteiger partial charge in [0, 0.05) is 31.9 Å². The first-order chi connectivity index (χ1) is 10.5. The normalized spacial score (nSPS) is 17.1. The zero-order chi connectivity index (χ0) is 16.1. The summed E-state index contributed by atoms with van der Waals surface area (Å²) in [5.74, 6) is -0.653. The highest BCUT2D eigenvalue weighted by Gasteiger charge is 2.27. The van der Waals surface area contributed by atoms with Crippen molar-refractivity contribution >= 4 is 17.5 Å². The van der Waals surface area contributed by atoms with Crippen molar-refractivity contribution in [3.8, 4) is 0 Å². The predicted octanol–water partition coefficient (Wildman–Crippen LogP) is 0.256. The van der Waals surface area contributed by atoms with Crippen LogP contribution in [-0.4, -0.2) is 60.4 Å². The van der Waals surface area contributed by atoms with Gasteiger partial charge in [0.05, 0.1) is 12.6 Å². The first-order valence-corrected chi connectivity index (χ1v) is 7.29. The molecule has 1 unspecified atom stereocenters. The molecule has 0 bridgehead atoms. The maximum Gasteiger partial charge on any atom is 0.241 e. The Kier molecular flexibility index (Phi) is 5.46. The molecule has 0 aromatic heterocycles. The Bertz CT molecular complexity index is 544. The molecule has 1 fully saturated rings. The maximum absolute atomic E-state index is 13.1. The summed E-state index contributed by atoms with van der Waals surface area (Å²) in [7, 11) is 0. The number of nitrogens with two attached hydrogens (primary N) is 1. The number of anilines is 1. The Hall–Kier alpha value is -1.99. The fraction of sp³-hybridized carbons (Fsp3) is 0.467. The molecule has 1 atom stereocenters. The van der Waals surface area contributed by atoms with E-state index in [9.17, 15) is 14.0 Å². The van der Waals surface area contributed by atoms with Crippen LogP contribution in [-0.2, 0) is 9.59 Å². The minimum atomic E-state index is -0.389. The largest absolute Gasteiger partial charge is 0.339 e. The number of amides is 2. The lowest BCUT2D eigenvalue weighted by Gasteiger charge is -2.37. The van der Waals surface area contributed by atoms with Gasteiger partial charge in [-0.05, 0) is 25.1 Å². The third kappa shape index (κ3) is 4.02. The smallest absolute Gasteiger partial charge is 0.241 e. The molecule has 1 saturated heterocycles. The van der Waals surface area contributed by atoms with Crippen molar-refractivity contribution < 1.29 is 14.0 Å². The molecule has 2 rings (SSSR count). The lowest BCUT2D eigenvalue weighted by atomic mass is 10.2. The molecule has 1 heterocycles. The molecular weight excluding hydrogens is 287 g/mol. The van der Waals surface area contributed by atoms with E-state index in [1.165, 1.54) is 12.1 Å². The van der Waals surface area contributed by atoms with E-state index in [-0.39, 0.29) is 30.2 Å². The van der Waals surface area contributed by atoms with Crippen molar-refractivity contribution in [2.45, 2.75) is 13.0 Å². The van der Waals surface area contributed by atoms with Gasteiger partial charge in [0.15, 0.2) is 0 Å². The molecule has 1 aromatic rings. The third-order valence-electron chi connectivity index (χ3n) is 3.86. The molecule has 120 valence electrons. The molecule has 7 heteroatoms. The van der Waals surface area contributed by atoms with E-state index in [4.69, 9.17) is 5.73 Å². The van der Waals surface area contributed by atoms with Crippen molar-refractivity contribution in [2.75, 3.05) is 38.0 Å². The van der Waals surface area contributed by atoms with Crippen LogP contribution >= 0.6 is 0 Å². The number of rotatable bonds is 4. The summed E-state index contributed by atoms with van der Waals surface area (Å²) >= 11 is 0. The van der Waals surface area contributed by atoms with Gasteiger partial charge in [-0.1, -0.05) is 6.07 Å². The van der Waals surface area contributed by atoms with Gasteiger partial charge < -0.3 is 16.0 Å². The highest BCUT2D eigenvalue weighted by atomic mass is 19.1. The number of nitrogens with one attached hydrogen (secondary N) is 1. The quantitative estimate of drug-likeness (QED) is 0.836. The van der Waals surface area contributed by atoms with Crippen LogP contribution in [0.3, 0.4) is 0 Å². The Labute approximate surface area is 129 Å². The predicted molar refractivity (Wildman–Crippen MR) is 81.7 cm³/mol. The molecule has 22 heavy (non-hydrogen) atoms. The Morgan fingerprint density at radius 2 is 2.00 bits per heavy atom. The third-order valence-corrected chi connectivity index (χ3v) is 3.86. The van der Waals surface area contributed by atoms with Gasteiger partial charge in [-0.15, -0.1) is 0 Å². The van der Waals surface area contributed by atoms with Crippen LogP contribution in [0.4, 0.5) is 10.1 Å². The molecular formula is C15H21FN4O2. The first kappa shape index (κ1) is 16.4. The lowest BCUT2D eigenvalue weighted by Crippen LogP contribution is -2.54. The van der Waals surface area contributed by atoms with E-state index >= 15 is 0 Å². The first-order valence-electron chi connectivity index (χ1n) is 7.29. The van der Waals surface area contributed by atoms with Gasteiger partial charge in [0.2, 0.25) is 11.8 Å². The average Bonchev–Trinajstić information content (AvgIpc) is 2.53. The van der Waals surface area contributed by atoms with Gasteiger partial charge in [-0.3, -0.25) is 14.5 Å². The molecule has 3 N–H and O–H groups in total. The summed E-state index contributed by atoms with van der Waals surface area (Å²) < 4.78 is 13.1. The minimum Gasteiger partial charge on any atom is -0.339 e. The van der Waals surface area contributed by atoms with Crippen LogP contribution in [0.1, 0.15) is 6.92 Å².